The fraction of sp³-hybridized carbons (Fsp3) is 0.167. The number of halogens is 1. The maximum atomic E-state index is 4.53. The number of imidazole rings is 1. The SMILES string of the molecule is Cn1ccnc1CC(Nc1nccn2ncc(Br)c12)c1ccccc1. The quantitative estimate of drug-likeness (QED) is 0.559. The van der Waals surface area contributed by atoms with E-state index < -0.39 is 0 Å². The van der Waals surface area contributed by atoms with Crippen LogP contribution in [0.1, 0.15) is 17.4 Å². The fourth-order valence-corrected chi connectivity index (χ4v) is 3.35. The van der Waals surface area contributed by atoms with Crippen LogP contribution in [0.3, 0.4) is 0 Å². The molecule has 25 heavy (non-hydrogen) atoms. The highest BCUT2D eigenvalue weighted by Gasteiger charge is 2.18. The molecule has 0 bridgehead atoms. The minimum atomic E-state index is 0.0443. The normalized spacial score (nSPS) is 12.4. The van der Waals surface area contributed by atoms with Crippen molar-refractivity contribution in [3.8, 4) is 0 Å². The van der Waals surface area contributed by atoms with E-state index in [4.69, 9.17) is 0 Å². The minimum Gasteiger partial charge on any atom is -0.361 e. The summed E-state index contributed by atoms with van der Waals surface area (Å²) >= 11 is 3.56. The van der Waals surface area contributed by atoms with Crippen molar-refractivity contribution in [2.45, 2.75) is 12.5 Å². The van der Waals surface area contributed by atoms with Gasteiger partial charge in [-0.25, -0.2) is 14.5 Å². The Labute approximate surface area is 153 Å². The highest BCUT2D eigenvalue weighted by atomic mass is 79.9. The number of hydrogen-bond donors (Lipinski definition) is 1. The first-order valence-corrected chi connectivity index (χ1v) is 8.77. The van der Waals surface area contributed by atoms with Gasteiger partial charge in [0.15, 0.2) is 5.82 Å². The van der Waals surface area contributed by atoms with Crippen LogP contribution >= 0.6 is 15.9 Å². The number of anilines is 1. The van der Waals surface area contributed by atoms with Gasteiger partial charge in [0.2, 0.25) is 0 Å². The van der Waals surface area contributed by atoms with Gasteiger partial charge in [-0.15, -0.1) is 0 Å². The lowest BCUT2D eigenvalue weighted by molar-refractivity contribution is 0.691. The van der Waals surface area contributed by atoms with E-state index in [9.17, 15) is 0 Å². The van der Waals surface area contributed by atoms with Gasteiger partial charge in [-0.05, 0) is 21.5 Å². The van der Waals surface area contributed by atoms with Gasteiger partial charge in [-0.3, -0.25) is 0 Å². The number of nitrogens with zero attached hydrogens (tertiary/aromatic N) is 5. The molecule has 0 radical (unpaired) electrons. The molecule has 7 heteroatoms. The first-order valence-electron chi connectivity index (χ1n) is 7.98. The predicted molar refractivity (Wildman–Crippen MR) is 100 cm³/mol. The molecule has 0 aliphatic heterocycles. The molecule has 3 aromatic heterocycles. The number of aromatic nitrogens is 5. The molecule has 0 spiro atoms. The van der Waals surface area contributed by atoms with Gasteiger partial charge >= 0.3 is 0 Å². The molecular weight excluding hydrogens is 380 g/mol. The van der Waals surface area contributed by atoms with E-state index in [-0.39, 0.29) is 6.04 Å². The third-order valence-electron chi connectivity index (χ3n) is 4.21. The first kappa shape index (κ1) is 15.8. The first-order chi connectivity index (χ1) is 12.2. The molecule has 4 rings (SSSR count). The summed E-state index contributed by atoms with van der Waals surface area (Å²) < 4.78 is 4.76. The number of aryl methyl sites for hydroxylation is 1. The Hall–Kier alpha value is -2.67. The molecule has 0 aliphatic rings. The molecule has 3 heterocycles. The Morgan fingerprint density at radius 3 is 2.68 bits per heavy atom. The van der Waals surface area contributed by atoms with Gasteiger partial charge < -0.3 is 9.88 Å². The van der Waals surface area contributed by atoms with Crippen molar-refractivity contribution in [2.75, 3.05) is 5.32 Å². The van der Waals surface area contributed by atoms with E-state index in [1.807, 2.05) is 52.9 Å². The molecule has 0 saturated heterocycles. The molecule has 0 fully saturated rings. The van der Waals surface area contributed by atoms with Crippen LogP contribution in [-0.2, 0) is 13.5 Å². The van der Waals surface area contributed by atoms with Crippen LogP contribution in [0.15, 0.2) is 65.8 Å². The Balaban J connectivity index is 1.73. The third kappa shape index (κ3) is 3.15. The second-order valence-electron chi connectivity index (χ2n) is 5.83. The molecule has 1 aromatic carbocycles. The lowest BCUT2D eigenvalue weighted by Crippen LogP contribution is -2.17. The van der Waals surface area contributed by atoms with Crippen LogP contribution in [0.4, 0.5) is 5.82 Å². The second kappa shape index (κ2) is 6.68. The Morgan fingerprint density at radius 1 is 1.12 bits per heavy atom. The fourth-order valence-electron chi connectivity index (χ4n) is 2.89. The average Bonchev–Trinajstić information content (AvgIpc) is 3.22. The zero-order valence-electron chi connectivity index (χ0n) is 13.7. The molecule has 6 nitrogen and oxygen atoms in total. The molecule has 0 amide bonds. The van der Waals surface area contributed by atoms with Crippen LogP contribution in [0.25, 0.3) is 5.52 Å². The van der Waals surface area contributed by atoms with Crippen molar-refractivity contribution in [1.82, 2.24) is 24.1 Å². The molecular formula is C18H17BrN6. The monoisotopic (exact) mass is 396 g/mol. The van der Waals surface area contributed by atoms with Crippen LogP contribution < -0.4 is 5.32 Å². The Morgan fingerprint density at radius 2 is 1.92 bits per heavy atom. The molecule has 1 unspecified atom stereocenters. The van der Waals surface area contributed by atoms with Crippen molar-refractivity contribution in [3.05, 3.63) is 77.2 Å². The summed E-state index contributed by atoms with van der Waals surface area (Å²) in [6.45, 7) is 0. The Kier molecular flexibility index (Phi) is 4.23. The molecule has 1 atom stereocenters. The lowest BCUT2D eigenvalue weighted by Gasteiger charge is -2.20. The van der Waals surface area contributed by atoms with E-state index in [2.05, 4.69) is 48.4 Å². The summed E-state index contributed by atoms with van der Waals surface area (Å²) in [6, 6.07) is 10.4. The number of rotatable bonds is 5. The number of fused-ring (bicyclic) bond motifs is 1. The van der Waals surface area contributed by atoms with Crippen LogP contribution in [-0.4, -0.2) is 24.1 Å². The van der Waals surface area contributed by atoms with E-state index in [0.717, 1.165) is 28.1 Å². The van der Waals surface area contributed by atoms with Crippen molar-refractivity contribution in [1.29, 1.82) is 0 Å². The molecule has 1 N–H and O–H groups in total. The minimum absolute atomic E-state index is 0.0443. The standard InChI is InChI=1S/C18H17BrN6/c1-24-9-7-20-16(24)11-15(13-5-3-2-4-6-13)23-18-17-14(19)12-22-25(17)10-8-21-18/h2-10,12,15H,11H2,1H3,(H,21,23). The molecule has 0 aliphatic carbocycles. The highest BCUT2D eigenvalue weighted by Crippen LogP contribution is 2.28. The summed E-state index contributed by atoms with van der Waals surface area (Å²) in [7, 11) is 2.01. The predicted octanol–water partition coefficient (Wildman–Crippen LogP) is 3.62. The maximum Gasteiger partial charge on any atom is 0.153 e. The van der Waals surface area contributed by atoms with E-state index in [1.165, 1.54) is 5.56 Å². The van der Waals surface area contributed by atoms with E-state index >= 15 is 0 Å². The number of benzene rings is 1. The van der Waals surface area contributed by atoms with Crippen molar-refractivity contribution >= 4 is 27.3 Å². The molecule has 0 saturated carbocycles. The topological polar surface area (TPSA) is 60.0 Å². The van der Waals surface area contributed by atoms with Crippen molar-refractivity contribution < 1.29 is 0 Å². The largest absolute Gasteiger partial charge is 0.361 e. The van der Waals surface area contributed by atoms with Gasteiger partial charge in [0.1, 0.15) is 11.3 Å². The van der Waals surface area contributed by atoms with Gasteiger partial charge in [-0.2, -0.15) is 5.10 Å². The summed E-state index contributed by atoms with van der Waals surface area (Å²) in [5, 5.41) is 7.90. The number of hydrogen-bond acceptors (Lipinski definition) is 4. The van der Waals surface area contributed by atoms with Crippen LogP contribution in [0, 0.1) is 0 Å². The summed E-state index contributed by atoms with van der Waals surface area (Å²) in [4.78, 5) is 9.00. The smallest absolute Gasteiger partial charge is 0.153 e. The third-order valence-corrected chi connectivity index (χ3v) is 4.79. The number of nitrogens with one attached hydrogen (secondary N) is 1. The summed E-state index contributed by atoms with van der Waals surface area (Å²) in [5.74, 6) is 1.80. The van der Waals surface area contributed by atoms with Crippen LogP contribution in [0.2, 0.25) is 0 Å². The van der Waals surface area contributed by atoms with Crippen LogP contribution in [0.5, 0.6) is 0 Å². The van der Waals surface area contributed by atoms with Gasteiger partial charge in [0.05, 0.1) is 16.7 Å². The summed E-state index contributed by atoms with van der Waals surface area (Å²) in [5.41, 5.74) is 2.10. The van der Waals surface area contributed by atoms with E-state index in [1.54, 1.807) is 12.4 Å². The Bertz CT molecular complexity index is 991. The zero-order chi connectivity index (χ0) is 17.2. The molecule has 126 valence electrons. The van der Waals surface area contributed by atoms with Crippen molar-refractivity contribution in [2.24, 2.45) is 7.05 Å². The van der Waals surface area contributed by atoms with Gasteiger partial charge in [-0.1, -0.05) is 30.3 Å². The van der Waals surface area contributed by atoms with Crippen molar-refractivity contribution in [3.63, 3.8) is 0 Å². The van der Waals surface area contributed by atoms with Gasteiger partial charge in [0, 0.05) is 38.3 Å². The zero-order valence-corrected chi connectivity index (χ0v) is 15.3. The highest BCUT2D eigenvalue weighted by molar-refractivity contribution is 9.10. The maximum absolute atomic E-state index is 4.53. The molecule has 4 aromatic rings. The lowest BCUT2D eigenvalue weighted by atomic mass is 10.0. The second-order valence-corrected chi connectivity index (χ2v) is 6.68. The average molecular weight is 397 g/mol. The van der Waals surface area contributed by atoms with E-state index in [0.29, 0.717) is 0 Å². The van der Waals surface area contributed by atoms with Gasteiger partial charge in [0.25, 0.3) is 0 Å². The summed E-state index contributed by atoms with van der Waals surface area (Å²) in [6.07, 6.45) is 9.90.